The molecule has 0 bridgehead atoms. The Labute approximate surface area is 132 Å². The Morgan fingerprint density at radius 3 is 3.00 bits per heavy atom. The van der Waals surface area contributed by atoms with E-state index in [-0.39, 0.29) is 12.7 Å². The fourth-order valence-corrected chi connectivity index (χ4v) is 2.56. The molecule has 3 heterocycles. The zero-order valence-electron chi connectivity index (χ0n) is 12.4. The molecular formula is C17H15N3O3. The molecule has 23 heavy (non-hydrogen) atoms. The maximum absolute atomic E-state index is 12.2. The van der Waals surface area contributed by atoms with Crippen LogP contribution in [0.4, 0.5) is 0 Å². The average Bonchev–Trinajstić information content (AvgIpc) is 3.20. The summed E-state index contributed by atoms with van der Waals surface area (Å²) in [4.78, 5) is 12.2. The summed E-state index contributed by atoms with van der Waals surface area (Å²) >= 11 is 0. The summed E-state index contributed by atoms with van der Waals surface area (Å²) in [6.45, 7) is 0.801. The number of nitrogens with zero attached hydrogens (tertiary/aromatic N) is 2. The standard InChI is InChI=1S/C17H15N3O3/c21-17(14-10-13-3-1-2-8-20(13)19-14)18-7-6-12-4-5-15-16(9-12)23-11-22-15/h1-5,8-10H,6-7,11H2,(H,18,21). The quantitative estimate of drug-likeness (QED) is 0.801. The van der Waals surface area contributed by atoms with Crippen LogP contribution >= 0.6 is 0 Å². The molecule has 2 aromatic heterocycles. The van der Waals surface area contributed by atoms with E-state index >= 15 is 0 Å². The molecule has 1 N–H and O–H groups in total. The van der Waals surface area contributed by atoms with Crippen molar-refractivity contribution in [3.63, 3.8) is 0 Å². The van der Waals surface area contributed by atoms with Crippen LogP contribution < -0.4 is 14.8 Å². The number of amides is 1. The number of hydrogen-bond donors (Lipinski definition) is 1. The second-order valence-electron chi connectivity index (χ2n) is 5.29. The lowest BCUT2D eigenvalue weighted by Crippen LogP contribution is -2.26. The maximum Gasteiger partial charge on any atom is 0.271 e. The Bertz CT molecular complexity index is 839. The highest BCUT2D eigenvalue weighted by Crippen LogP contribution is 2.32. The van der Waals surface area contributed by atoms with Crippen molar-refractivity contribution in [3.8, 4) is 11.5 Å². The molecule has 1 aliphatic rings. The molecule has 6 heteroatoms. The number of nitrogens with one attached hydrogen (secondary N) is 1. The van der Waals surface area contributed by atoms with Crippen LogP contribution in [-0.4, -0.2) is 28.9 Å². The van der Waals surface area contributed by atoms with Crippen molar-refractivity contribution in [1.82, 2.24) is 14.9 Å². The van der Waals surface area contributed by atoms with Gasteiger partial charge < -0.3 is 14.8 Å². The monoisotopic (exact) mass is 309 g/mol. The van der Waals surface area contributed by atoms with E-state index in [1.807, 2.05) is 42.6 Å². The molecule has 1 amide bonds. The molecule has 1 aromatic carbocycles. The Balaban J connectivity index is 1.38. The van der Waals surface area contributed by atoms with Crippen LogP contribution in [0.25, 0.3) is 5.52 Å². The van der Waals surface area contributed by atoms with E-state index in [1.165, 1.54) is 0 Å². The zero-order valence-corrected chi connectivity index (χ0v) is 12.4. The normalized spacial score (nSPS) is 12.5. The second-order valence-corrected chi connectivity index (χ2v) is 5.29. The van der Waals surface area contributed by atoms with Gasteiger partial charge in [0, 0.05) is 12.7 Å². The van der Waals surface area contributed by atoms with Crippen molar-refractivity contribution in [2.24, 2.45) is 0 Å². The summed E-state index contributed by atoms with van der Waals surface area (Å²) in [7, 11) is 0. The molecular weight excluding hydrogens is 294 g/mol. The van der Waals surface area contributed by atoms with Crippen molar-refractivity contribution >= 4 is 11.4 Å². The summed E-state index contributed by atoms with van der Waals surface area (Å²) in [5.41, 5.74) is 2.40. The number of hydrogen-bond acceptors (Lipinski definition) is 4. The van der Waals surface area contributed by atoms with Crippen molar-refractivity contribution in [2.75, 3.05) is 13.3 Å². The number of carbonyl (C=O) groups excluding carboxylic acids is 1. The van der Waals surface area contributed by atoms with E-state index in [1.54, 1.807) is 10.6 Å². The summed E-state index contributed by atoms with van der Waals surface area (Å²) < 4.78 is 12.3. The number of fused-ring (bicyclic) bond motifs is 2. The van der Waals surface area contributed by atoms with E-state index in [0.717, 1.165) is 29.0 Å². The number of pyridine rings is 1. The van der Waals surface area contributed by atoms with Gasteiger partial charge in [-0.15, -0.1) is 0 Å². The molecule has 0 atom stereocenters. The second kappa shape index (κ2) is 5.64. The van der Waals surface area contributed by atoms with Crippen LogP contribution in [0, 0.1) is 0 Å². The van der Waals surface area contributed by atoms with Gasteiger partial charge in [-0.1, -0.05) is 12.1 Å². The van der Waals surface area contributed by atoms with E-state index in [2.05, 4.69) is 10.4 Å². The molecule has 0 saturated carbocycles. The lowest BCUT2D eigenvalue weighted by molar-refractivity contribution is 0.0949. The summed E-state index contributed by atoms with van der Waals surface area (Å²) in [5, 5.41) is 7.14. The molecule has 0 saturated heterocycles. The van der Waals surface area contributed by atoms with Crippen LogP contribution in [0.2, 0.25) is 0 Å². The van der Waals surface area contributed by atoms with E-state index in [4.69, 9.17) is 9.47 Å². The third-order valence-electron chi connectivity index (χ3n) is 3.74. The molecule has 0 fully saturated rings. The van der Waals surface area contributed by atoms with Gasteiger partial charge in [0.15, 0.2) is 17.2 Å². The third-order valence-corrected chi connectivity index (χ3v) is 3.74. The Morgan fingerprint density at radius 2 is 2.09 bits per heavy atom. The number of aromatic nitrogens is 2. The predicted molar refractivity (Wildman–Crippen MR) is 83.8 cm³/mol. The van der Waals surface area contributed by atoms with Crippen molar-refractivity contribution < 1.29 is 14.3 Å². The molecule has 0 unspecified atom stereocenters. The molecule has 0 radical (unpaired) electrons. The van der Waals surface area contributed by atoms with Crippen molar-refractivity contribution in [1.29, 1.82) is 0 Å². The molecule has 116 valence electrons. The molecule has 4 rings (SSSR count). The number of carbonyl (C=O) groups is 1. The molecule has 1 aliphatic heterocycles. The van der Waals surface area contributed by atoms with Gasteiger partial charge in [-0.05, 0) is 42.3 Å². The van der Waals surface area contributed by atoms with Gasteiger partial charge in [-0.3, -0.25) is 4.79 Å². The first kappa shape index (κ1) is 13.6. The smallest absolute Gasteiger partial charge is 0.271 e. The summed E-state index contributed by atoms with van der Waals surface area (Å²) in [6.07, 6.45) is 2.54. The van der Waals surface area contributed by atoms with Crippen molar-refractivity contribution in [2.45, 2.75) is 6.42 Å². The largest absolute Gasteiger partial charge is 0.454 e. The first-order chi connectivity index (χ1) is 11.3. The van der Waals surface area contributed by atoms with Gasteiger partial charge in [0.1, 0.15) is 0 Å². The fourth-order valence-electron chi connectivity index (χ4n) is 2.56. The first-order valence-electron chi connectivity index (χ1n) is 7.41. The Kier molecular flexibility index (Phi) is 3.34. The van der Waals surface area contributed by atoms with Gasteiger partial charge in [0.25, 0.3) is 5.91 Å². The minimum Gasteiger partial charge on any atom is -0.454 e. The SMILES string of the molecule is O=C(NCCc1ccc2c(c1)OCO2)c1cc2ccccn2n1. The highest BCUT2D eigenvalue weighted by molar-refractivity contribution is 5.93. The van der Waals surface area contributed by atoms with E-state index in [9.17, 15) is 4.79 Å². The fraction of sp³-hybridized carbons (Fsp3) is 0.176. The van der Waals surface area contributed by atoms with Gasteiger partial charge in [-0.25, -0.2) is 4.52 Å². The lowest BCUT2D eigenvalue weighted by atomic mass is 10.1. The van der Waals surface area contributed by atoms with Gasteiger partial charge in [0.05, 0.1) is 5.52 Å². The highest BCUT2D eigenvalue weighted by Gasteiger charge is 2.14. The van der Waals surface area contributed by atoms with Crippen LogP contribution in [0.5, 0.6) is 11.5 Å². The predicted octanol–water partition coefficient (Wildman–Crippen LogP) is 2.04. The third kappa shape index (κ3) is 2.70. The van der Waals surface area contributed by atoms with Crippen LogP contribution in [0.1, 0.15) is 16.1 Å². The minimum absolute atomic E-state index is 0.172. The van der Waals surface area contributed by atoms with Crippen LogP contribution in [0.15, 0.2) is 48.7 Å². The Hall–Kier alpha value is -3.02. The van der Waals surface area contributed by atoms with Crippen LogP contribution in [-0.2, 0) is 6.42 Å². The van der Waals surface area contributed by atoms with Gasteiger partial charge >= 0.3 is 0 Å². The minimum atomic E-state index is -0.172. The summed E-state index contributed by atoms with van der Waals surface area (Å²) in [6, 6.07) is 13.3. The zero-order chi connectivity index (χ0) is 15.6. The number of rotatable bonds is 4. The number of benzene rings is 1. The highest BCUT2D eigenvalue weighted by atomic mass is 16.7. The summed E-state index contributed by atoms with van der Waals surface area (Å²) in [5.74, 6) is 1.35. The first-order valence-corrected chi connectivity index (χ1v) is 7.41. The average molecular weight is 309 g/mol. The molecule has 0 spiro atoms. The molecule has 3 aromatic rings. The van der Waals surface area contributed by atoms with E-state index < -0.39 is 0 Å². The topological polar surface area (TPSA) is 64.9 Å². The van der Waals surface area contributed by atoms with Gasteiger partial charge in [-0.2, -0.15) is 5.10 Å². The van der Waals surface area contributed by atoms with E-state index in [0.29, 0.717) is 12.2 Å². The molecule has 6 nitrogen and oxygen atoms in total. The van der Waals surface area contributed by atoms with Crippen LogP contribution in [0.3, 0.4) is 0 Å². The van der Waals surface area contributed by atoms with Crippen molar-refractivity contribution in [3.05, 3.63) is 59.9 Å². The number of ether oxygens (including phenoxy) is 2. The van der Waals surface area contributed by atoms with Gasteiger partial charge in [0.2, 0.25) is 6.79 Å². The molecule has 0 aliphatic carbocycles. The Morgan fingerprint density at radius 1 is 1.17 bits per heavy atom. The lowest BCUT2D eigenvalue weighted by Gasteiger charge is -2.04. The maximum atomic E-state index is 12.2.